The minimum Gasteiger partial charge on any atom is -0.508 e. The van der Waals surface area contributed by atoms with E-state index in [2.05, 4.69) is 0 Å². The highest BCUT2D eigenvalue weighted by atomic mass is 35.5. The number of carbonyl (C=O) groups is 1. The first-order valence-electron chi connectivity index (χ1n) is 7.42. The average molecular weight is 372 g/mol. The predicted molar refractivity (Wildman–Crippen MR) is 101 cm³/mol. The Balaban J connectivity index is 2.04. The second kappa shape index (κ2) is 7.09. The molecule has 6 heteroatoms. The normalized spacial score (nSPS) is 12.6. The maximum absolute atomic E-state index is 12.4. The minimum atomic E-state index is -0.190. The third-order valence-electron chi connectivity index (χ3n) is 3.63. The molecule has 0 saturated carbocycles. The molecule has 3 aromatic rings. The van der Waals surface area contributed by atoms with Gasteiger partial charge in [0, 0.05) is 23.7 Å². The lowest BCUT2D eigenvalue weighted by molar-refractivity contribution is 0.106. The van der Waals surface area contributed by atoms with E-state index in [1.165, 1.54) is 22.0 Å². The van der Waals surface area contributed by atoms with Crippen molar-refractivity contribution in [2.45, 2.75) is 0 Å². The van der Waals surface area contributed by atoms with Gasteiger partial charge < -0.3 is 9.67 Å². The van der Waals surface area contributed by atoms with Gasteiger partial charge in [0.1, 0.15) is 10.4 Å². The number of phenols is 1. The molecule has 4 nitrogen and oxygen atoms in total. The summed E-state index contributed by atoms with van der Waals surface area (Å²) in [6.07, 6.45) is 3.18. The van der Waals surface area contributed by atoms with Gasteiger partial charge in [-0.1, -0.05) is 23.7 Å². The zero-order chi connectivity index (χ0) is 18.0. The van der Waals surface area contributed by atoms with Gasteiger partial charge in [-0.15, -0.1) is 11.3 Å². The maximum atomic E-state index is 12.4. The van der Waals surface area contributed by atoms with Crippen LogP contribution in [0.15, 0.2) is 53.3 Å². The fourth-order valence-electron chi connectivity index (χ4n) is 2.24. The Morgan fingerprint density at radius 2 is 1.76 bits per heavy atom. The molecule has 0 saturated heterocycles. The highest BCUT2D eigenvalue weighted by molar-refractivity contribution is 7.07. The number of aromatic nitrogens is 1. The summed E-state index contributed by atoms with van der Waals surface area (Å²) in [5, 5.41) is 9.88. The number of carbonyl (C=O) groups excluding carboxylic acids is 1. The molecule has 1 N–H and O–H groups in total. The minimum absolute atomic E-state index is 0.166. The summed E-state index contributed by atoms with van der Waals surface area (Å²) in [5.41, 5.74) is 1.13. The molecule has 1 heterocycles. The SMILES string of the molecule is Cn1c(=O)/c(=C\c2ccc(O)cc2)s/c1=C\C(=O)c1ccc(Cl)cc1. The van der Waals surface area contributed by atoms with Gasteiger partial charge in [-0.05, 0) is 48.0 Å². The fraction of sp³-hybridized carbons (Fsp3) is 0.0526. The summed E-state index contributed by atoms with van der Waals surface area (Å²) in [4.78, 5) is 24.7. The molecule has 0 spiro atoms. The molecule has 0 aliphatic heterocycles. The summed E-state index contributed by atoms with van der Waals surface area (Å²) in [7, 11) is 1.63. The number of rotatable bonds is 3. The van der Waals surface area contributed by atoms with Gasteiger partial charge in [0.15, 0.2) is 5.78 Å². The number of hydrogen-bond acceptors (Lipinski definition) is 4. The van der Waals surface area contributed by atoms with Crippen molar-refractivity contribution in [3.05, 3.63) is 84.2 Å². The molecule has 0 radical (unpaired) electrons. The summed E-state index contributed by atoms with van der Waals surface area (Å²) in [6.45, 7) is 0. The van der Waals surface area contributed by atoms with E-state index in [1.54, 1.807) is 61.7 Å². The largest absolute Gasteiger partial charge is 0.508 e. The molecule has 1 aromatic heterocycles. The molecule has 0 unspecified atom stereocenters. The van der Waals surface area contributed by atoms with E-state index < -0.39 is 0 Å². The number of phenolic OH excluding ortho intramolecular Hbond substituents is 1. The van der Waals surface area contributed by atoms with Crippen molar-refractivity contribution in [2.75, 3.05) is 0 Å². The van der Waals surface area contributed by atoms with Crippen LogP contribution in [0, 0.1) is 0 Å². The second-order valence-corrected chi connectivity index (χ2v) is 6.92. The number of halogens is 1. The number of thiazole rings is 1. The van der Waals surface area contributed by atoms with E-state index in [1.807, 2.05) is 0 Å². The first-order valence-corrected chi connectivity index (χ1v) is 8.62. The molecule has 0 aliphatic carbocycles. The molecule has 0 aliphatic rings. The Kier molecular flexibility index (Phi) is 4.88. The van der Waals surface area contributed by atoms with Crippen molar-refractivity contribution < 1.29 is 9.90 Å². The number of benzene rings is 2. The summed E-state index contributed by atoms with van der Waals surface area (Å²) in [6, 6.07) is 13.2. The zero-order valence-corrected chi connectivity index (χ0v) is 14.8. The highest BCUT2D eigenvalue weighted by Gasteiger charge is 2.05. The van der Waals surface area contributed by atoms with Crippen molar-refractivity contribution in [3.8, 4) is 5.75 Å². The van der Waals surface area contributed by atoms with Crippen molar-refractivity contribution in [2.24, 2.45) is 7.05 Å². The Hall–Kier alpha value is -2.63. The Morgan fingerprint density at radius 1 is 1.12 bits per heavy atom. The Morgan fingerprint density at radius 3 is 2.40 bits per heavy atom. The molecule has 0 amide bonds. The van der Waals surface area contributed by atoms with Gasteiger partial charge in [-0.3, -0.25) is 9.59 Å². The lowest BCUT2D eigenvalue weighted by Gasteiger charge is -1.95. The quantitative estimate of drug-likeness (QED) is 0.719. The van der Waals surface area contributed by atoms with Crippen LogP contribution in [0.5, 0.6) is 5.75 Å². The third-order valence-corrected chi connectivity index (χ3v) is 5.00. The molecular weight excluding hydrogens is 358 g/mol. The monoisotopic (exact) mass is 371 g/mol. The van der Waals surface area contributed by atoms with E-state index in [4.69, 9.17) is 11.6 Å². The van der Waals surface area contributed by atoms with Crippen LogP contribution in [-0.4, -0.2) is 15.5 Å². The van der Waals surface area contributed by atoms with Crippen LogP contribution >= 0.6 is 22.9 Å². The lowest BCUT2D eigenvalue weighted by Crippen LogP contribution is -2.29. The summed E-state index contributed by atoms with van der Waals surface area (Å²) in [5.74, 6) is -0.0245. The molecule has 25 heavy (non-hydrogen) atoms. The number of hydrogen-bond donors (Lipinski definition) is 1. The van der Waals surface area contributed by atoms with Crippen LogP contribution in [0.4, 0.5) is 0 Å². The maximum Gasteiger partial charge on any atom is 0.268 e. The second-order valence-electron chi connectivity index (χ2n) is 5.42. The first-order chi connectivity index (χ1) is 11.9. The molecular formula is C19H14ClNO3S. The Bertz CT molecular complexity index is 1090. The van der Waals surface area contributed by atoms with Gasteiger partial charge in [-0.25, -0.2) is 0 Å². The summed E-state index contributed by atoms with van der Waals surface area (Å²) < 4.78 is 2.53. The Labute approximate surface area is 152 Å². The van der Waals surface area contributed by atoms with Crippen LogP contribution in [0.25, 0.3) is 12.2 Å². The average Bonchev–Trinajstić information content (AvgIpc) is 2.85. The van der Waals surface area contributed by atoms with E-state index in [0.717, 1.165) is 5.56 Å². The van der Waals surface area contributed by atoms with Crippen LogP contribution in [0.1, 0.15) is 15.9 Å². The molecule has 0 bridgehead atoms. The van der Waals surface area contributed by atoms with Gasteiger partial charge in [0.2, 0.25) is 0 Å². The molecule has 2 aromatic carbocycles. The smallest absolute Gasteiger partial charge is 0.268 e. The number of ketones is 1. The van der Waals surface area contributed by atoms with Crippen molar-refractivity contribution >= 4 is 40.9 Å². The highest BCUT2D eigenvalue weighted by Crippen LogP contribution is 2.11. The topological polar surface area (TPSA) is 59.3 Å². The standard InChI is InChI=1S/C19H14ClNO3S/c1-21-18(11-16(23)13-4-6-14(20)7-5-13)25-17(19(21)24)10-12-2-8-15(22)9-3-12/h2-11,22H,1H3/b17-10+,18-11-. The van der Waals surface area contributed by atoms with Crippen LogP contribution < -0.4 is 14.8 Å². The zero-order valence-electron chi connectivity index (χ0n) is 13.3. The number of aromatic hydroxyl groups is 1. The number of nitrogens with zero attached hydrogens (tertiary/aromatic N) is 1. The van der Waals surface area contributed by atoms with Crippen molar-refractivity contribution in [1.29, 1.82) is 0 Å². The molecule has 3 rings (SSSR count). The van der Waals surface area contributed by atoms with E-state index in [9.17, 15) is 14.7 Å². The summed E-state index contributed by atoms with van der Waals surface area (Å²) >= 11 is 7.07. The van der Waals surface area contributed by atoms with E-state index >= 15 is 0 Å². The molecule has 0 atom stereocenters. The molecule has 126 valence electrons. The van der Waals surface area contributed by atoms with Gasteiger partial charge in [0.25, 0.3) is 5.56 Å². The van der Waals surface area contributed by atoms with Crippen LogP contribution in [0.3, 0.4) is 0 Å². The first kappa shape index (κ1) is 17.2. The van der Waals surface area contributed by atoms with Gasteiger partial charge in [0.05, 0.1) is 4.53 Å². The van der Waals surface area contributed by atoms with Crippen LogP contribution in [-0.2, 0) is 7.05 Å². The third kappa shape index (κ3) is 3.90. The van der Waals surface area contributed by atoms with E-state index in [-0.39, 0.29) is 17.1 Å². The lowest BCUT2D eigenvalue weighted by atomic mass is 10.1. The van der Waals surface area contributed by atoms with E-state index in [0.29, 0.717) is 19.8 Å². The van der Waals surface area contributed by atoms with Crippen molar-refractivity contribution in [3.63, 3.8) is 0 Å². The number of Topliss-reactive ketones (excluding diaryl/α,β-unsaturated/α-hetero) is 1. The van der Waals surface area contributed by atoms with Crippen LogP contribution in [0.2, 0.25) is 5.02 Å². The predicted octanol–water partition coefficient (Wildman–Crippen LogP) is 2.30. The van der Waals surface area contributed by atoms with Crippen molar-refractivity contribution in [1.82, 2.24) is 4.57 Å². The fourth-order valence-corrected chi connectivity index (χ4v) is 3.40. The van der Waals surface area contributed by atoms with Gasteiger partial charge in [-0.2, -0.15) is 0 Å². The molecule has 0 fully saturated rings. The van der Waals surface area contributed by atoms with Gasteiger partial charge >= 0.3 is 0 Å².